The molecule has 0 radical (unpaired) electrons. The number of hydrogen-bond donors (Lipinski definition) is 3. The lowest BCUT2D eigenvalue weighted by Gasteiger charge is -2.46. The van der Waals surface area contributed by atoms with Crippen molar-refractivity contribution >= 4 is 22.8 Å². The molecule has 0 aliphatic heterocycles. The van der Waals surface area contributed by atoms with Crippen LogP contribution in [0.2, 0.25) is 0 Å². The van der Waals surface area contributed by atoms with Crippen molar-refractivity contribution in [1.82, 2.24) is 19.5 Å². The Labute approximate surface area is 176 Å². The lowest BCUT2D eigenvalue weighted by molar-refractivity contribution is -0.148. The number of carbonyl (C=O) groups is 1. The standard InChI is InChI=1S/C22H21F2N5O2/c1-29-16(7-6-13-9-25-20-15(13)8-14(23)10-26-20)27-21(19(29)24)28-18-12-4-2-11(3-5-12)17(18)22(30)31/h8-12,17-18,28H,2-5H2,1H3,(H,25,26)(H,30,31)/t11?,12?,17-,18-/m0/s1. The van der Waals surface area contributed by atoms with E-state index in [1.807, 2.05) is 0 Å². The summed E-state index contributed by atoms with van der Waals surface area (Å²) in [6.45, 7) is 0. The molecule has 2 atom stereocenters. The van der Waals surface area contributed by atoms with E-state index in [1.54, 1.807) is 6.20 Å². The predicted octanol–water partition coefficient (Wildman–Crippen LogP) is 3.28. The van der Waals surface area contributed by atoms with Gasteiger partial charge in [0, 0.05) is 24.7 Å². The highest BCUT2D eigenvalue weighted by Crippen LogP contribution is 2.46. The molecule has 0 amide bonds. The van der Waals surface area contributed by atoms with E-state index in [1.165, 1.54) is 17.7 Å². The maximum Gasteiger partial charge on any atom is 0.308 e. The zero-order valence-electron chi connectivity index (χ0n) is 16.8. The molecule has 3 saturated carbocycles. The van der Waals surface area contributed by atoms with Crippen molar-refractivity contribution < 1.29 is 18.7 Å². The second-order valence-corrected chi connectivity index (χ2v) is 8.34. The van der Waals surface area contributed by atoms with E-state index in [0.717, 1.165) is 31.9 Å². The maximum atomic E-state index is 14.9. The molecule has 0 saturated heterocycles. The quantitative estimate of drug-likeness (QED) is 0.560. The molecule has 3 aromatic rings. The van der Waals surface area contributed by atoms with Gasteiger partial charge in [0.15, 0.2) is 11.6 Å². The number of fused-ring (bicyclic) bond motifs is 4. The van der Waals surface area contributed by atoms with Crippen molar-refractivity contribution in [3.8, 4) is 11.8 Å². The van der Waals surface area contributed by atoms with E-state index in [2.05, 4.69) is 32.1 Å². The number of carboxylic acids is 1. The third-order valence-corrected chi connectivity index (χ3v) is 6.64. The minimum absolute atomic E-state index is 0.0160. The molecule has 3 aliphatic rings. The number of aliphatic carboxylic acids is 1. The van der Waals surface area contributed by atoms with Crippen LogP contribution in [0.25, 0.3) is 11.0 Å². The van der Waals surface area contributed by atoms with Crippen molar-refractivity contribution in [3.05, 3.63) is 41.6 Å². The molecule has 3 aromatic heterocycles. The zero-order valence-corrected chi connectivity index (χ0v) is 16.8. The summed E-state index contributed by atoms with van der Waals surface area (Å²) in [4.78, 5) is 23.0. The van der Waals surface area contributed by atoms with E-state index >= 15 is 0 Å². The maximum absolute atomic E-state index is 14.9. The van der Waals surface area contributed by atoms with Crippen molar-refractivity contribution in [1.29, 1.82) is 0 Å². The van der Waals surface area contributed by atoms with Gasteiger partial charge >= 0.3 is 5.97 Å². The Morgan fingerprint density at radius 1 is 1.26 bits per heavy atom. The van der Waals surface area contributed by atoms with Crippen LogP contribution in [-0.4, -0.2) is 36.6 Å². The van der Waals surface area contributed by atoms with E-state index in [0.29, 0.717) is 16.6 Å². The third-order valence-electron chi connectivity index (χ3n) is 6.64. The molecule has 0 aromatic carbocycles. The summed E-state index contributed by atoms with van der Waals surface area (Å²) in [5.41, 5.74) is 1.03. The van der Waals surface area contributed by atoms with Gasteiger partial charge in [0.2, 0.25) is 5.95 Å². The second-order valence-electron chi connectivity index (χ2n) is 8.34. The molecule has 7 nitrogen and oxygen atoms in total. The fraction of sp³-hybridized carbons (Fsp3) is 0.409. The number of carboxylic acid groups (broad SMARTS) is 1. The van der Waals surface area contributed by atoms with Crippen molar-refractivity contribution in [3.63, 3.8) is 0 Å². The smallest absolute Gasteiger partial charge is 0.308 e. The SMILES string of the molecule is Cn1c(C#Cc2c[nH]c3ncc(F)cc23)nc(N[C@H]2C3CCC(CC3)[C@@H]2C(=O)O)c1F. The highest BCUT2D eigenvalue weighted by atomic mass is 19.1. The molecule has 0 spiro atoms. The van der Waals surface area contributed by atoms with Crippen LogP contribution in [0.5, 0.6) is 0 Å². The minimum Gasteiger partial charge on any atom is -0.481 e. The number of pyridine rings is 1. The van der Waals surface area contributed by atoms with Gasteiger partial charge in [-0.2, -0.15) is 4.39 Å². The first kappa shape index (κ1) is 19.5. The molecule has 3 fully saturated rings. The lowest BCUT2D eigenvalue weighted by atomic mass is 9.61. The molecule has 3 heterocycles. The molecule has 160 valence electrons. The first-order valence-corrected chi connectivity index (χ1v) is 10.3. The summed E-state index contributed by atoms with van der Waals surface area (Å²) in [7, 11) is 1.51. The summed E-state index contributed by atoms with van der Waals surface area (Å²) in [6, 6.07) is 0.983. The number of aromatic amines is 1. The molecular formula is C22H21F2N5O2. The Morgan fingerprint density at radius 3 is 2.74 bits per heavy atom. The number of aromatic nitrogens is 4. The van der Waals surface area contributed by atoms with Gasteiger partial charge < -0.3 is 15.4 Å². The first-order chi connectivity index (χ1) is 14.9. The average molecular weight is 425 g/mol. The largest absolute Gasteiger partial charge is 0.481 e. The van der Waals surface area contributed by atoms with Crippen molar-refractivity contribution in [2.45, 2.75) is 31.7 Å². The van der Waals surface area contributed by atoms with E-state index in [9.17, 15) is 18.7 Å². The van der Waals surface area contributed by atoms with Gasteiger partial charge in [-0.25, -0.2) is 14.4 Å². The number of rotatable bonds is 3. The molecule has 9 heteroatoms. The first-order valence-electron chi connectivity index (χ1n) is 10.3. The van der Waals surface area contributed by atoms with Crippen LogP contribution in [0, 0.1) is 41.4 Å². The number of halogens is 2. The fourth-order valence-electron chi connectivity index (χ4n) is 5.06. The van der Waals surface area contributed by atoms with Crippen LogP contribution < -0.4 is 5.32 Å². The normalized spacial score (nSPS) is 24.7. The van der Waals surface area contributed by atoms with Crippen LogP contribution in [0.1, 0.15) is 37.1 Å². The van der Waals surface area contributed by atoms with Crippen molar-refractivity contribution in [2.24, 2.45) is 24.8 Å². The van der Waals surface area contributed by atoms with Gasteiger partial charge in [0.05, 0.1) is 17.7 Å². The average Bonchev–Trinajstić information content (AvgIpc) is 3.28. The summed E-state index contributed by atoms with van der Waals surface area (Å²) in [5.74, 6) is 3.77. The van der Waals surface area contributed by atoms with Gasteiger partial charge in [-0.15, -0.1) is 0 Å². The molecule has 31 heavy (non-hydrogen) atoms. The van der Waals surface area contributed by atoms with Crippen LogP contribution >= 0.6 is 0 Å². The van der Waals surface area contributed by atoms with Gasteiger partial charge in [-0.05, 0) is 49.5 Å². The summed E-state index contributed by atoms with van der Waals surface area (Å²) >= 11 is 0. The fourth-order valence-corrected chi connectivity index (χ4v) is 5.06. The summed E-state index contributed by atoms with van der Waals surface area (Å²) < 4.78 is 29.6. The van der Waals surface area contributed by atoms with Crippen LogP contribution in [0.3, 0.4) is 0 Å². The van der Waals surface area contributed by atoms with Crippen LogP contribution in [-0.2, 0) is 11.8 Å². The Morgan fingerprint density at radius 2 is 2.00 bits per heavy atom. The topological polar surface area (TPSA) is 95.8 Å². The van der Waals surface area contributed by atoms with Crippen molar-refractivity contribution in [2.75, 3.05) is 5.32 Å². The van der Waals surface area contributed by atoms with Gasteiger partial charge in [-0.1, -0.05) is 5.92 Å². The zero-order chi connectivity index (χ0) is 21.7. The monoisotopic (exact) mass is 425 g/mol. The highest BCUT2D eigenvalue weighted by molar-refractivity contribution is 5.83. The lowest BCUT2D eigenvalue weighted by Crippen LogP contribution is -2.51. The Balaban J connectivity index is 1.44. The van der Waals surface area contributed by atoms with Crippen LogP contribution in [0.4, 0.5) is 14.6 Å². The number of hydrogen-bond acceptors (Lipinski definition) is 4. The number of nitrogens with one attached hydrogen (secondary N) is 2. The van der Waals surface area contributed by atoms with Gasteiger partial charge in [0.25, 0.3) is 0 Å². The van der Waals surface area contributed by atoms with E-state index in [-0.39, 0.29) is 29.5 Å². The number of H-pyrrole nitrogens is 1. The molecule has 3 aliphatic carbocycles. The Kier molecular flexibility index (Phi) is 4.65. The van der Waals surface area contributed by atoms with Crippen LogP contribution in [0.15, 0.2) is 18.5 Å². The number of anilines is 1. The Bertz CT molecular complexity index is 1230. The second kappa shape index (κ2) is 7.38. The van der Waals surface area contributed by atoms with Gasteiger partial charge in [-0.3, -0.25) is 9.36 Å². The predicted molar refractivity (Wildman–Crippen MR) is 109 cm³/mol. The number of imidazole rings is 1. The Hall–Kier alpha value is -3.41. The van der Waals surface area contributed by atoms with E-state index in [4.69, 9.17) is 0 Å². The molecule has 0 unspecified atom stereocenters. The highest BCUT2D eigenvalue weighted by Gasteiger charge is 2.47. The van der Waals surface area contributed by atoms with Gasteiger partial charge in [0.1, 0.15) is 11.5 Å². The van der Waals surface area contributed by atoms with E-state index < -0.39 is 23.7 Å². The molecule has 3 N–H and O–H groups in total. The molecule has 6 rings (SSSR count). The number of nitrogens with zero attached hydrogens (tertiary/aromatic N) is 3. The summed E-state index contributed by atoms with van der Waals surface area (Å²) in [6.07, 6.45) is 6.42. The summed E-state index contributed by atoms with van der Waals surface area (Å²) in [5, 5.41) is 13.3. The third kappa shape index (κ3) is 3.32. The molecule has 2 bridgehead atoms. The minimum atomic E-state index is -0.844. The molecular weight excluding hydrogens is 404 g/mol.